The van der Waals surface area contributed by atoms with E-state index in [1.807, 2.05) is 29.1 Å². The Balaban J connectivity index is 1.71. The van der Waals surface area contributed by atoms with Crippen LogP contribution in [0.25, 0.3) is 0 Å². The Morgan fingerprint density at radius 1 is 1.40 bits per heavy atom. The minimum Gasteiger partial charge on any atom is -0.387 e. The minimum absolute atomic E-state index is 0.150. The van der Waals surface area contributed by atoms with Crippen LogP contribution in [0.4, 0.5) is 0 Å². The lowest BCUT2D eigenvalue weighted by molar-refractivity contribution is 0.0721. The fraction of sp³-hybridized carbons (Fsp3) is 0.438. The summed E-state index contributed by atoms with van der Waals surface area (Å²) in [5.41, 5.74) is 3.53. The van der Waals surface area contributed by atoms with E-state index >= 15 is 0 Å². The predicted octanol–water partition coefficient (Wildman–Crippen LogP) is 1.99. The van der Waals surface area contributed by atoms with Gasteiger partial charge in [0.15, 0.2) is 0 Å². The van der Waals surface area contributed by atoms with Gasteiger partial charge in [-0.2, -0.15) is 5.10 Å². The number of fused-ring (bicyclic) bond motifs is 1. The van der Waals surface area contributed by atoms with Gasteiger partial charge in [-0.25, -0.2) is 0 Å². The van der Waals surface area contributed by atoms with Gasteiger partial charge in [0.1, 0.15) is 0 Å². The molecule has 0 saturated carbocycles. The fourth-order valence-electron chi connectivity index (χ4n) is 3.02. The van der Waals surface area contributed by atoms with Crippen molar-refractivity contribution in [2.24, 2.45) is 0 Å². The molecule has 0 fully saturated rings. The van der Waals surface area contributed by atoms with Crippen LogP contribution >= 0.6 is 0 Å². The monoisotopic (exact) mass is 271 g/mol. The van der Waals surface area contributed by atoms with E-state index in [1.54, 1.807) is 0 Å². The molecule has 2 aromatic rings. The van der Waals surface area contributed by atoms with Gasteiger partial charge in [-0.15, -0.1) is 0 Å². The van der Waals surface area contributed by atoms with E-state index in [1.165, 1.54) is 11.1 Å². The lowest BCUT2D eigenvalue weighted by atomic mass is 10.1. The molecule has 0 unspecified atom stereocenters. The molecule has 0 radical (unpaired) electrons. The van der Waals surface area contributed by atoms with Gasteiger partial charge in [0.05, 0.1) is 12.3 Å². The average molecular weight is 271 g/mol. The molecule has 0 saturated heterocycles. The normalized spacial score (nSPS) is 21.4. The Morgan fingerprint density at radius 3 is 2.90 bits per heavy atom. The third kappa shape index (κ3) is 2.37. The van der Waals surface area contributed by atoms with Crippen molar-refractivity contribution in [2.75, 3.05) is 7.05 Å². The Hall–Kier alpha value is -1.65. The first-order chi connectivity index (χ1) is 9.69. The molecule has 1 heterocycles. The zero-order valence-electron chi connectivity index (χ0n) is 12.0. The quantitative estimate of drug-likeness (QED) is 0.924. The molecule has 2 atom stereocenters. The number of aromatic nitrogens is 2. The van der Waals surface area contributed by atoms with Crippen molar-refractivity contribution in [1.82, 2.24) is 14.7 Å². The molecular weight excluding hydrogens is 250 g/mol. The zero-order valence-corrected chi connectivity index (χ0v) is 12.0. The number of aliphatic hydroxyl groups is 1. The topological polar surface area (TPSA) is 41.3 Å². The fourth-order valence-corrected chi connectivity index (χ4v) is 3.02. The maximum absolute atomic E-state index is 10.5. The van der Waals surface area contributed by atoms with Gasteiger partial charge >= 0.3 is 0 Å². The van der Waals surface area contributed by atoms with Crippen molar-refractivity contribution in [2.45, 2.75) is 38.6 Å². The number of likely N-dealkylation sites (N-methyl/N-ethyl adjacent to an activating group) is 1. The highest BCUT2D eigenvalue weighted by Crippen LogP contribution is 2.34. The summed E-state index contributed by atoms with van der Waals surface area (Å²) in [6.45, 7) is 3.79. The number of aliphatic hydroxyl groups excluding tert-OH is 1. The second-order valence-corrected chi connectivity index (χ2v) is 5.53. The maximum Gasteiger partial charge on any atom is 0.0951 e. The molecule has 0 bridgehead atoms. The molecular formula is C16H21N3O. The van der Waals surface area contributed by atoms with Gasteiger partial charge in [0.2, 0.25) is 0 Å². The first-order valence-electron chi connectivity index (χ1n) is 7.16. The highest BCUT2D eigenvalue weighted by atomic mass is 16.3. The third-order valence-electron chi connectivity index (χ3n) is 4.18. The molecule has 1 aliphatic carbocycles. The summed E-state index contributed by atoms with van der Waals surface area (Å²) < 4.78 is 1.93. The van der Waals surface area contributed by atoms with E-state index in [-0.39, 0.29) is 6.04 Å². The Bertz CT molecular complexity index is 593. The predicted molar refractivity (Wildman–Crippen MR) is 78.3 cm³/mol. The molecule has 20 heavy (non-hydrogen) atoms. The smallest absolute Gasteiger partial charge is 0.0951 e. The molecule has 1 aromatic heterocycles. The van der Waals surface area contributed by atoms with E-state index in [0.29, 0.717) is 0 Å². The average Bonchev–Trinajstić information content (AvgIpc) is 3.04. The van der Waals surface area contributed by atoms with E-state index in [4.69, 9.17) is 0 Å². The van der Waals surface area contributed by atoms with Crippen LogP contribution < -0.4 is 0 Å². The van der Waals surface area contributed by atoms with Gasteiger partial charge in [-0.1, -0.05) is 24.3 Å². The van der Waals surface area contributed by atoms with Gasteiger partial charge in [-0.05, 0) is 31.5 Å². The summed E-state index contributed by atoms with van der Waals surface area (Å²) in [5, 5.41) is 14.8. The first-order valence-corrected chi connectivity index (χ1v) is 7.16. The molecule has 0 amide bonds. The van der Waals surface area contributed by atoms with Crippen LogP contribution in [0, 0.1) is 0 Å². The number of hydrogen-bond acceptors (Lipinski definition) is 3. The van der Waals surface area contributed by atoms with Crippen molar-refractivity contribution in [1.29, 1.82) is 0 Å². The summed E-state index contributed by atoms with van der Waals surface area (Å²) >= 11 is 0. The molecule has 0 spiro atoms. The van der Waals surface area contributed by atoms with Crippen LogP contribution in [0.1, 0.15) is 29.7 Å². The van der Waals surface area contributed by atoms with Gasteiger partial charge in [0, 0.05) is 30.9 Å². The van der Waals surface area contributed by atoms with E-state index < -0.39 is 6.10 Å². The van der Waals surface area contributed by atoms with Crippen molar-refractivity contribution < 1.29 is 5.11 Å². The summed E-state index contributed by atoms with van der Waals surface area (Å²) in [7, 11) is 2.07. The van der Waals surface area contributed by atoms with Crippen molar-refractivity contribution in [3.8, 4) is 0 Å². The molecule has 106 valence electrons. The van der Waals surface area contributed by atoms with Crippen LogP contribution in [0.3, 0.4) is 0 Å². The number of nitrogens with zero attached hydrogens (tertiary/aromatic N) is 3. The summed E-state index contributed by atoms with van der Waals surface area (Å²) in [4.78, 5) is 2.22. The van der Waals surface area contributed by atoms with Crippen molar-refractivity contribution in [3.05, 3.63) is 53.3 Å². The number of benzene rings is 1. The highest BCUT2D eigenvalue weighted by Gasteiger charge is 2.33. The summed E-state index contributed by atoms with van der Waals surface area (Å²) in [5.74, 6) is 0. The van der Waals surface area contributed by atoms with Crippen molar-refractivity contribution in [3.63, 3.8) is 0 Å². The standard InChI is InChI=1S/C16H21N3O/c1-3-19-11-12(9-17-19)10-18(2)15-8-13-6-4-5-7-14(13)16(15)20/h4-7,9,11,15-16,20H,3,8,10H2,1-2H3/t15-,16+/m1/s1. The minimum atomic E-state index is -0.391. The summed E-state index contributed by atoms with van der Waals surface area (Å²) in [6, 6.07) is 8.33. The van der Waals surface area contributed by atoms with E-state index in [0.717, 1.165) is 25.1 Å². The highest BCUT2D eigenvalue weighted by molar-refractivity contribution is 5.35. The zero-order chi connectivity index (χ0) is 14.1. The van der Waals surface area contributed by atoms with Crippen LogP contribution in [0.2, 0.25) is 0 Å². The molecule has 3 rings (SSSR count). The second kappa shape index (κ2) is 5.38. The number of rotatable bonds is 4. The number of hydrogen-bond donors (Lipinski definition) is 1. The van der Waals surface area contributed by atoms with Crippen LogP contribution in [-0.4, -0.2) is 32.9 Å². The SMILES string of the molecule is CCn1cc(CN(C)[C@@H]2Cc3ccccc3[C@@H]2O)cn1. The Morgan fingerprint density at radius 2 is 2.20 bits per heavy atom. The van der Waals surface area contributed by atoms with Gasteiger partial charge in [-0.3, -0.25) is 9.58 Å². The molecule has 4 nitrogen and oxygen atoms in total. The lowest BCUT2D eigenvalue weighted by Crippen LogP contribution is -2.34. The second-order valence-electron chi connectivity index (χ2n) is 5.53. The largest absolute Gasteiger partial charge is 0.387 e. The molecule has 1 aliphatic rings. The molecule has 1 aromatic carbocycles. The molecule has 1 N–H and O–H groups in total. The van der Waals surface area contributed by atoms with E-state index in [9.17, 15) is 5.11 Å². The Kier molecular flexibility index (Phi) is 3.59. The number of aryl methyl sites for hydroxylation is 1. The van der Waals surface area contributed by atoms with E-state index in [2.05, 4.69) is 36.2 Å². The maximum atomic E-state index is 10.5. The lowest BCUT2D eigenvalue weighted by Gasteiger charge is -2.26. The molecule has 4 heteroatoms. The first kappa shape index (κ1) is 13.3. The van der Waals surface area contributed by atoms with Gasteiger partial charge < -0.3 is 5.11 Å². The van der Waals surface area contributed by atoms with Crippen LogP contribution in [0.5, 0.6) is 0 Å². The van der Waals surface area contributed by atoms with Gasteiger partial charge in [0.25, 0.3) is 0 Å². The third-order valence-corrected chi connectivity index (χ3v) is 4.18. The van der Waals surface area contributed by atoms with Crippen LogP contribution in [-0.2, 0) is 19.5 Å². The van der Waals surface area contributed by atoms with Crippen LogP contribution in [0.15, 0.2) is 36.7 Å². The Labute approximate surface area is 119 Å². The molecule has 0 aliphatic heterocycles. The summed E-state index contributed by atoms with van der Waals surface area (Å²) in [6.07, 6.45) is 4.51. The van der Waals surface area contributed by atoms with Crippen molar-refractivity contribution >= 4 is 0 Å².